The van der Waals surface area contributed by atoms with Gasteiger partial charge in [-0.2, -0.15) is 0 Å². The number of nitrogens with zero attached hydrogens (tertiary/aromatic N) is 4. The van der Waals surface area contributed by atoms with Crippen molar-refractivity contribution in [2.24, 2.45) is 0 Å². The van der Waals surface area contributed by atoms with Crippen LogP contribution in [0.15, 0.2) is 36.5 Å². The molecule has 31 heavy (non-hydrogen) atoms. The van der Waals surface area contributed by atoms with Gasteiger partial charge >= 0.3 is 6.09 Å². The van der Waals surface area contributed by atoms with Gasteiger partial charge in [-0.15, -0.1) is 5.10 Å². The second-order valence-electron chi connectivity index (χ2n) is 8.75. The molecule has 0 aliphatic carbocycles. The molecule has 0 bridgehead atoms. The lowest BCUT2D eigenvalue weighted by Crippen LogP contribution is -2.44. The van der Waals surface area contributed by atoms with E-state index < -0.39 is 11.4 Å². The zero-order valence-electron chi connectivity index (χ0n) is 17.9. The molecule has 8 nitrogen and oxygen atoms in total. The van der Waals surface area contributed by atoms with Crippen LogP contribution in [0.1, 0.15) is 33.6 Å². The van der Waals surface area contributed by atoms with Gasteiger partial charge in [-0.3, -0.25) is 0 Å². The average Bonchev–Trinajstić information content (AvgIpc) is 3.12. The molecule has 1 saturated heterocycles. The fraction of sp³-hybridized carbons (Fsp3) is 0.409. The summed E-state index contributed by atoms with van der Waals surface area (Å²) in [5.74, 6) is 0.219. The molecule has 9 heteroatoms. The van der Waals surface area contributed by atoms with E-state index in [0.717, 1.165) is 12.8 Å². The maximum absolute atomic E-state index is 13.9. The third-order valence-corrected chi connectivity index (χ3v) is 5.16. The summed E-state index contributed by atoms with van der Waals surface area (Å²) in [6.07, 6.45) is 2.97. The van der Waals surface area contributed by atoms with Crippen molar-refractivity contribution >= 4 is 23.2 Å². The Morgan fingerprint density at radius 2 is 1.97 bits per heavy atom. The summed E-state index contributed by atoms with van der Waals surface area (Å²) < 4.78 is 21.0. The van der Waals surface area contributed by atoms with Crippen molar-refractivity contribution in [2.45, 2.75) is 45.3 Å². The number of carbonyl (C=O) groups excluding carboxylic acids is 1. The molecule has 2 aromatic heterocycles. The molecule has 0 unspecified atom stereocenters. The van der Waals surface area contributed by atoms with Gasteiger partial charge in [0.1, 0.15) is 17.2 Å². The van der Waals surface area contributed by atoms with Gasteiger partial charge in [-0.25, -0.2) is 18.7 Å². The summed E-state index contributed by atoms with van der Waals surface area (Å²) in [5, 5.41) is 8.08. The molecular formula is C22H27FN6O2. The number of imidazole rings is 1. The van der Waals surface area contributed by atoms with E-state index in [-0.39, 0.29) is 17.8 Å². The third-order valence-electron chi connectivity index (χ3n) is 5.16. The first-order valence-corrected chi connectivity index (χ1v) is 10.3. The average molecular weight is 426 g/mol. The molecule has 0 radical (unpaired) electrons. The van der Waals surface area contributed by atoms with Gasteiger partial charge in [0.05, 0.1) is 17.6 Å². The van der Waals surface area contributed by atoms with Crippen molar-refractivity contribution in [2.75, 3.05) is 24.1 Å². The van der Waals surface area contributed by atoms with E-state index in [0.29, 0.717) is 35.8 Å². The molecule has 0 saturated carbocycles. The van der Waals surface area contributed by atoms with Crippen LogP contribution in [-0.2, 0) is 4.74 Å². The number of nitrogen functional groups attached to an aromatic ring is 1. The summed E-state index contributed by atoms with van der Waals surface area (Å²) in [7, 11) is 0. The summed E-state index contributed by atoms with van der Waals surface area (Å²) in [4.78, 5) is 18.3. The lowest BCUT2D eigenvalue weighted by atomic mass is 10.1. The van der Waals surface area contributed by atoms with Crippen molar-refractivity contribution in [1.29, 1.82) is 0 Å². The number of rotatable bonds is 3. The quantitative estimate of drug-likeness (QED) is 0.616. The Hall–Kier alpha value is -3.36. The number of anilines is 2. The smallest absolute Gasteiger partial charge is 0.410 e. The Kier molecular flexibility index (Phi) is 5.43. The second kappa shape index (κ2) is 8.05. The Morgan fingerprint density at radius 3 is 2.65 bits per heavy atom. The number of nitrogens with two attached hydrogens (primary N) is 1. The number of hydrogen-bond donors (Lipinski definition) is 2. The highest BCUT2D eigenvalue weighted by molar-refractivity contribution is 5.68. The maximum atomic E-state index is 13.9. The second-order valence-corrected chi connectivity index (χ2v) is 8.75. The number of amides is 1. The molecule has 3 aromatic rings. The number of halogens is 1. The lowest BCUT2D eigenvalue weighted by Gasteiger charge is -2.33. The monoisotopic (exact) mass is 426 g/mol. The van der Waals surface area contributed by atoms with E-state index in [4.69, 9.17) is 10.5 Å². The van der Waals surface area contributed by atoms with Gasteiger partial charge < -0.3 is 20.7 Å². The van der Waals surface area contributed by atoms with E-state index >= 15 is 0 Å². The number of fused-ring (bicyclic) bond motifs is 1. The van der Waals surface area contributed by atoms with E-state index in [1.165, 1.54) is 12.1 Å². The molecular weight excluding hydrogens is 399 g/mol. The van der Waals surface area contributed by atoms with E-state index in [2.05, 4.69) is 15.4 Å². The first-order valence-electron chi connectivity index (χ1n) is 10.3. The van der Waals surface area contributed by atoms with Crippen molar-refractivity contribution in [3.63, 3.8) is 0 Å². The van der Waals surface area contributed by atoms with Gasteiger partial charge in [-0.1, -0.05) is 6.07 Å². The van der Waals surface area contributed by atoms with Crippen LogP contribution in [0.2, 0.25) is 0 Å². The standard InChI is InChI=1S/C22H27FN6O2/c1-22(2,3)31-21(30)28-10-8-15(9-11-28)26-19-6-7-20-25-13-18(29(20)27-19)14-4-5-17(24)16(23)12-14/h4-7,12-13,15H,8-11,24H2,1-3H3,(H,26,27). The highest BCUT2D eigenvalue weighted by Gasteiger charge is 2.27. The highest BCUT2D eigenvalue weighted by atomic mass is 19.1. The van der Waals surface area contributed by atoms with E-state index in [1.807, 2.05) is 32.9 Å². The minimum Gasteiger partial charge on any atom is -0.444 e. The topological polar surface area (TPSA) is 97.8 Å². The predicted molar refractivity (Wildman–Crippen MR) is 117 cm³/mol. The first-order chi connectivity index (χ1) is 14.7. The van der Waals surface area contributed by atoms with Crippen molar-refractivity contribution in [3.05, 3.63) is 42.3 Å². The van der Waals surface area contributed by atoms with Crippen LogP contribution < -0.4 is 11.1 Å². The molecule has 1 amide bonds. The fourth-order valence-electron chi connectivity index (χ4n) is 3.58. The number of ether oxygens (including phenoxy) is 1. The van der Waals surface area contributed by atoms with Crippen molar-refractivity contribution in [3.8, 4) is 11.3 Å². The molecule has 1 aliphatic rings. The minimum atomic E-state index is -0.499. The zero-order valence-corrected chi connectivity index (χ0v) is 17.9. The largest absolute Gasteiger partial charge is 0.444 e. The summed E-state index contributed by atoms with van der Waals surface area (Å²) in [6, 6.07) is 8.58. The molecule has 4 rings (SSSR count). The third kappa shape index (κ3) is 4.70. The Morgan fingerprint density at radius 1 is 1.23 bits per heavy atom. The zero-order chi connectivity index (χ0) is 22.2. The molecule has 1 aromatic carbocycles. The number of hydrogen-bond acceptors (Lipinski definition) is 6. The number of carbonyl (C=O) groups is 1. The summed E-state index contributed by atoms with van der Waals surface area (Å²) >= 11 is 0. The molecule has 3 N–H and O–H groups in total. The highest BCUT2D eigenvalue weighted by Crippen LogP contribution is 2.25. The lowest BCUT2D eigenvalue weighted by molar-refractivity contribution is 0.0210. The number of aromatic nitrogens is 3. The van der Waals surface area contributed by atoms with Crippen LogP contribution in [-0.4, -0.2) is 50.3 Å². The molecule has 0 spiro atoms. The molecule has 164 valence electrons. The fourth-order valence-corrected chi connectivity index (χ4v) is 3.58. The van der Waals surface area contributed by atoms with E-state index in [1.54, 1.807) is 21.7 Å². The number of nitrogens with one attached hydrogen (secondary N) is 1. The van der Waals surface area contributed by atoms with Crippen LogP contribution in [0.3, 0.4) is 0 Å². The molecule has 0 atom stereocenters. The van der Waals surface area contributed by atoms with E-state index in [9.17, 15) is 9.18 Å². The van der Waals surface area contributed by atoms with Gasteiger partial charge in [0.25, 0.3) is 0 Å². The Balaban J connectivity index is 1.45. The minimum absolute atomic E-state index is 0.102. The molecule has 1 aliphatic heterocycles. The molecule has 1 fully saturated rings. The van der Waals surface area contributed by atoms with Gasteiger partial charge in [0, 0.05) is 24.7 Å². The normalized spacial score (nSPS) is 15.3. The summed E-state index contributed by atoms with van der Waals surface area (Å²) in [5.41, 5.74) is 7.18. The maximum Gasteiger partial charge on any atom is 0.410 e. The Bertz CT molecular complexity index is 1100. The summed E-state index contributed by atoms with van der Waals surface area (Å²) in [6.45, 7) is 6.84. The molecule has 3 heterocycles. The van der Waals surface area contributed by atoms with Gasteiger partial charge in [0.2, 0.25) is 0 Å². The number of benzene rings is 1. The van der Waals surface area contributed by atoms with Crippen molar-refractivity contribution < 1.29 is 13.9 Å². The van der Waals surface area contributed by atoms with Crippen LogP contribution in [0.5, 0.6) is 0 Å². The van der Waals surface area contributed by atoms with Gasteiger partial charge in [-0.05, 0) is 57.9 Å². The van der Waals surface area contributed by atoms with Gasteiger partial charge in [0.15, 0.2) is 5.65 Å². The Labute approximate surface area is 180 Å². The number of piperidine rings is 1. The first kappa shape index (κ1) is 20.9. The number of likely N-dealkylation sites (tertiary alicyclic amines) is 1. The SMILES string of the molecule is CC(C)(C)OC(=O)N1CCC(Nc2ccc3ncc(-c4ccc(N)c(F)c4)n3n2)CC1. The predicted octanol–water partition coefficient (Wildman–Crippen LogP) is 3.93. The van der Waals surface area contributed by atoms with Crippen LogP contribution in [0.4, 0.5) is 20.7 Å². The van der Waals surface area contributed by atoms with Crippen molar-refractivity contribution in [1.82, 2.24) is 19.5 Å². The van der Waals surface area contributed by atoms with Crippen LogP contribution >= 0.6 is 0 Å². The van der Waals surface area contributed by atoms with Crippen LogP contribution in [0.25, 0.3) is 16.9 Å². The van der Waals surface area contributed by atoms with Crippen LogP contribution in [0, 0.1) is 5.82 Å².